The van der Waals surface area contributed by atoms with Crippen LogP contribution in [-0.2, 0) is 12.8 Å². The van der Waals surface area contributed by atoms with E-state index in [1.807, 2.05) is 0 Å². The molecular formula is C12H19N. The molecule has 0 heterocycles. The van der Waals surface area contributed by atoms with Crippen molar-refractivity contribution in [3.05, 3.63) is 35.4 Å². The van der Waals surface area contributed by atoms with E-state index in [1.165, 1.54) is 24.0 Å². The van der Waals surface area contributed by atoms with Crippen LogP contribution >= 0.6 is 0 Å². The van der Waals surface area contributed by atoms with E-state index < -0.39 is 0 Å². The fraction of sp³-hybridized carbons (Fsp3) is 0.500. The molecule has 0 bridgehead atoms. The molecule has 1 heteroatoms. The molecule has 0 radical (unpaired) electrons. The maximum absolute atomic E-state index is 5.46. The Balaban J connectivity index is 2.54. The zero-order chi connectivity index (χ0) is 9.52. The van der Waals surface area contributed by atoms with Crippen molar-refractivity contribution in [2.75, 3.05) is 6.54 Å². The van der Waals surface area contributed by atoms with Crippen LogP contribution in [-0.4, -0.2) is 6.54 Å². The normalized spacial score (nSPS) is 10.3. The van der Waals surface area contributed by atoms with Crippen molar-refractivity contribution in [3.63, 3.8) is 0 Å². The van der Waals surface area contributed by atoms with Gasteiger partial charge in [-0.25, -0.2) is 0 Å². The quantitative estimate of drug-likeness (QED) is 0.687. The van der Waals surface area contributed by atoms with E-state index in [4.69, 9.17) is 5.73 Å². The summed E-state index contributed by atoms with van der Waals surface area (Å²) in [6.45, 7) is 3.02. The predicted molar refractivity (Wildman–Crippen MR) is 57.8 cm³/mol. The summed E-state index contributed by atoms with van der Waals surface area (Å²) in [5, 5.41) is 0. The van der Waals surface area contributed by atoms with Gasteiger partial charge >= 0.3 is 0 Å². The Kier molecular flexibility index (Phi) is 4.55. The molecule has 1 nitrogen and oxygen atoms in total. The predicted octanol–water partition coefficient (Wildman–Crippen LogP) is 2.53. The Labute approximate surface area is 81.0 Å². The lowest BCUT2D eigenvalue weighted by atomic mass is 10.0. The minimum atomic E-state index is 0.814. The van der Waals surface area contributed by atoms with E-state index in [1.54, 1.807) is 0 Å². The van der Waals surface area contributed by atoms with E-state index >= 15 is 0 Å². The fourth-order valence-electron chi connectivity index (χ4n) is 1.61. The molecule has 0 amide bonds. The Morgan fingerprint density at radius 3 is 2.38 bits per heavy atom. The van der Waals surface area contributed by atoms with Crippen LogP contribution in [0.25, 0.3) is 0 Å². The van der Waals surface area contributed by atoms with E-state index in [0.29, 0.717) is 0 Å². The topological polar surface area (TPSA) is 26.0 Å². The third-order valence-corrected chi connectivity index (χ3v) is 2.40. The van der Waals surface area contributed by atoms with Gasteiger partial charge in [-0.15, -0.1) is 0 Å². The largest absolute Gasteiger partial charge is 0.330 e. The molecule has 0 spiro atoms. The van der Waals surface area contributed by atoms with E-state index in [9.17, 15) is 0 Å². The number of hydrogen-bond acceptors (Lipinski definition) is 1. The SMILES string of the molecule is CCc1ccccc1CCCCN. The van der Waals surface area contributed by atoms with Gasteiger partial charge in [-0.1, -0.05) is 31.2 Å². The van der Waals surface area contributed by atoms with Crippen LogP contribution in [0.3, 0.4) is 0 Å². The molecule has 13 heavy (non-hydrogen) atoms. The molecule has 1 aromatic carbocycles. The summed E-state index contributed by atoms with van der Waals surface area (Å²) in [6, 6.07) is 8.69. The van der Waals surface area contributed by atoms with Crippen molar-refractivity contribution in [3.8, 4) is 0 Å². The number of aryl methyl sites for hydroxylation is 2. The molecule has 0 unspecified atom stereocenters. The lowest BCUT2D eigenvalue weighted by Gasteiger charge is -2.06. The first kappa shape index (κ1) is 10.3. The van der Waals surface area contributed by atoms with Crippen LogP contribution in [0.4, 0.5) is 0 Å². The molecule has 0 atom stereocenters. The summed E-state index contributed by atoms with van der Waals surface area (Å²) in [5.41, 5.74) is 8.45. The first-order valence-corrected chi connectivity index (χ1v) is 5.15. The zero-order valence-electron chi connectivity index (χ0n) is 8.42. The van der Waals surface area contributed by atoms with Gasteiger partial charge in [-0.2, -0.15) is 0 Å². The number of benzene rings is 1. The molecule has 0 fully saturated rings. The third-order valence-electron chi connectivity index (χ3n) is 2.40. The van der Waals surface area contributed by atoms with Gasteiger partial charge in [0.25, 0.3) is 0 Å². The van der Waals surface area contributed by atoms with Gasteiger partial charge in [-0.3, -0.25) is 0 Å². The molecule has 0 aliphatic carbocycles. The summed E-state index contributed by atoms with van der Waals surface area (Å²) >= 11 is 0. The van der Waals surface area contributed by atoms with E-state index in [0.717, 1.165) is 19.4 Å². The zero-order valence-corrected chi connectivity index (χ0v) is 8.42. The van der Waals surface area contributed by atoms with E-state index in [2.05, 4.69) is 31.2 Å². The van der Waals surface area contributed by atoms with Gasteiger partial charge in [0.05, 0.1) is 0 Å². The highest BCUT2D eigenvalue weighted by atomic mass is 14.5. The Hall–Kier alpha value is -0.820. The minimum Gasteiger partial charge on any atom is -0.330 e. The van der Waals surface area contributed by atoms with Crippen LogP contribution in [0.15, 0.2) is 24.3 Å². The lowest BCUT2D eigenvalue weighted by molar-refractivity contribution is 0.740. The molecule has 0 aromatic heterocycles. The molecule has 0 saturated carbocycles. The Morgan fingerprint density at radius 1 is 1.08 bits per heavy atom. The van der Waals surface area contributed by atoms with Gasteiger partial charge in [0, 0.05) is 0 Å². The highest BCUT2D eigenvalue weighted by molar-refractivity contribution is 5.26. The maximum Gasteiger partial charge on any atom is -0.00772 e. The monoisotopic (exact) mass is 177 g/mol. The van der Waals surface area contributed by atoms with Crippen molar-refractivity contribution in [2.24, 2.45) is 5.73 Å². The van der Waals surface area contributed by atoms with Crippen LogP contribution in [0, 0.1) is 0 Å². The van der Waals surface area contributed by atoms with Gasteiger partial charge < -0.3 is 5.73 Å². The number of rotatable bonds is 5. The fourth-order valence-corrected chi connectivity index (χ4v) is 1.61. The molecular weight excluding hydrogens is 158 g/mol. The van der Waals surface area contributed by atoms with Crippen LogP contribution in [0.2, 0.25) is 0 Å². The minimum absolute atomic E-state index is 0.814. The van der Waals surface area contributed by atoms with Crippen molar-refractivity contribution >= 4 is 0 Å². The number of nitrogens with two attached hydrogens (primary N) is 1. The summed E-state index contributed by atoms with van der Waals surface area (Å²) < 4.78 is 0. The second-order valence-electron chi connectivity index (χ2n) is 3.37. The summed E-state index contributed by atoms with van der Waals surface area (Å²) in [5.74, 6) is 0. The Bertz CT molecular complexity index is 243. The second kappa shape index (κ2) is 5.76. The van der Waals surface area contributed by atoms with Gasteiger partial charge in [0.15, 0.2) is 0 Å². The van der Waals surface area contributed by atoms with Crippen LogP contribution < -0.4 is 5.73 Å². The first-order chi connectivity index (χ1) is 6.38. The summed E-state index contributed by atoms with van der Waals surface area (Å²) in [4.78, 5) is 0. The van der Waals surface area contributed by atoms with Crippen molar-refractivity contribution in [1.82, 2.24) is 0 Å². The van der Waals surface area contributed by atoms with Gasteiger partial charge in [-0.05, 0) is 43.4 Å². The molecule has 1 aromatic rings. The second-order valence-corrected chi connectivity index (χ2v) is 3.37. The maximum atomic E-state index is 5.46. The van der Waals surface area contributed by atoms with Crippen molar-refractivity contribution < 1.29 is 0 Å². The Morgan fingerprint density at radius 2 is 1.77 bits per heavy atom. The van der Waals surface area contributed by atoms with Gasteiger partial charge in [0.1, 0.15) is 0 Å². The average Bonchev–Trinajstić information content (AvgIpc) is 2.19. The summed E-state index contributed by atoms with van der Waals surface area (Å²) in [6.07, 6.45) is 4.67. The molecule has 2 N–H and O–H groups in total. The molecule has 0 aliphatic heterocycles. The van der Waals surface area contributed by atoms with Crippen LogP contribution in [0.1, 0.15) is 30.9 Å². The highest BCUT2D eigenvalue weighted by Crippen LogP contribution is 2.12. The van der Waals surface area contributed by atoms with Crippen LogP contribution in [0.5, 0.6) is 0 Å². The van der Waals surface area contributed by atoms with Gasteiger partial charge in [0.2, 0.25) is 0 Å². The smallest absolute Gasteiger partial charge is 0.00772 e. The molecule has 1 rings (SSSR count). The number of unbranched alkanes of at least 4 members (excludes halogenated alkanes) is 1. The van der Waals surface area contributed by atoms with Crippen molar-refractivity contribution in [2.45, 2.75) is 32.6 Å². The standard InChI is InChI=1S/C12H19N/c1-2-11-7-3-4-8-12(11)9-5-6-10-13/h3-4,7-8H,2,5-6,9-10,13H2,1H3. The molecule has 72 valence electrons. The van der Waals surface area contributed by atoms with Crippen molar-refractivity contribution in [1.29, 1.82) is 0 Å². The van der Waals surface area contributed by atoms with E-state index in [-0.39, 0.29) is 0 Å². The number of hydrogen-bond donors (Lipinski definition) is 1. The first-order valence-electron chi connectivity index (χ1n) is 5.15. The summed E-state index contributed by atoms with van der Waals surface area (Å²) in [7, 11) is 0. The average molecular weight is 177 g/mol. The molecule has 0 saturated heterocycles. The molecule has 0 aliphatic rings. The lowest BCUT2D eigenvalue weighted by Crippen LogP contribution is -2.00. The highest BCUT2D eigenvalue weighted by Gasteiger charge is 1.98. The third kappa shape index (κ3) is 3.19.